The average molecular weight is 178 g/mol. The van der Waals surface area contributed by atoms with Gasteiger partial charge >= 0.3 is 0 Å². The third-order valence-corrected chi connectivity index (χ3v) is 4.55. The summed E-state index contributed by atoms with van der Waals surface area (Å²) in [5, 5.41) is 0. The van der Waals surface area contributed by atoms with Crippen molar-refractivity contribution in [2.24, 2.45) is 23.7 Å². The van der Waals surface area contributed by atoms with E-state index in [2.05, 4.69) is 19.9 Å². The lowest BCUT2D eigenvalue weighted by molar-refractivity contribution is -0.0111. The number of fused-ring (bicyclic) bond motifs is 1. The Morgan fingerprint density at radius 3 is 2.92 bits per heavy atom. The molecule has 5 unspecified atom stereocenters. The van der Waals surface area contributed by atoms with Crippen molar-refractivity contribution in [2.75, 3.05) is 0 Å². The topological polar surface area (TPSA) is 9.23 Å². The molecule has 0 amide bonds. The van der Waals surface area contributed by atoms with Crippen molar-refractivity contribution >= 4 is 0 Å². The van der Waals surface area contributed by atoms with Gasteiger partial charge in [-0.2, -0.15) is 0 Å². The number of ether oxygens (including phenoxy) is 1. The molecule has 0 aromatic carbocycles. The van der Waals surface area contributed by atoms with Gasteiger partial charge in [0.2, 0.25) is 0 Å². The van der Waals surface area contributed by atoms with Crippen LogP contribution < -0.4 is 0 Å². The van der Waals surface area contributed by atoms with Crippen LogP contribution in [0.4, 0.5) is 0 Å². The van der Waals surface area contributed by atoms with Gasteiger partial charge in [0.05, 0.1) is 5.76 Å². The summed E-state index contributed by atoms with van der Waals surface area (Å²) in [5.41, 5.74) is 0. The van der Waals surface area contributed by atoms with E-state index in [9.17, 15) is 0 Å². The zero-order valence-corrected chi connectivity index (χ0v) is 8.49. The number of hydrogen-bond acceptors (Lipinski definition) is 1. The highest BCUT2D eigenvalue weighted by Gasteiger charge is 2.53. The molecule has 4 rings (SSSR count). The SMILES string of the molecule is CC=C1OC2C(C)C3CCC2C1C3. The minimum atomic E-state index is 0.573. The molecular formula is C12H18O. The fourth-order valence-corrected chi connectivity index (χ4v) is 3.80. The Kier molecular flexibility index (Phi) is 1.53. The molecular weight excluding hydrogens is 160 g/mol. The summed E-state index contributed by atoms with van der Waals surface area (Å²) < 4.78 is 6.04. The molecule has 1 heteroatoms. The van der Waals surface area contributed by atoms with E-state index in [1.54, 1.807) is 0 Å². The first-order valence-electron chi connectivity index (χ1n) is 5.64. The van der Waals surface area contributed by atoms with E-state index < -0.39 is 0 Å². The zero-order chi connectivity index (χ0) is 9.00. The predicted molar refractivity (Wildman–Crippen MR) is 52.1 cm³/mol. The normalized spacial score (nSPS) is 55.5. The zero-order valence-electron chi connectivity index (χ0n) is 8.49. The second-order valence-electron chi connectivity index (χ2n) is 4.98. The molecule has 1 aliphatic heterocycles. The van der Waals surface area contributed by atoms with Crippen molar-refractivity contribution in [3.63, 3.8) is 0 Å². The molecule has 0 aromatic heterocycles. The first-order chi connectivity index (χ1) is 6.31. The minimum Gasteiger partial charge on any atom is -0.494 e. The van der Waals surface area contributed by atoms with Gasteiger partial charge in [-0.25, -0.2) is 0 Å². The predicted octanol–water partition coefficient (Wildman–Crippen LogP) is 2.97. The van der Waals surface area contributed by atoms with Crippen molar-refractivity contribution < 1.29 is 4.74 Å². The van der Waals surface area contributed by atoms with Crippen LogP contribution in [0.15, 0.2) is 11.8 Å². The summed E-state index contributed by atoms with van der Waals surface area (Å²) >= 11 is 0. The summed E-state index contributed by atoms with van der Waals surface area (Å²) in [6.45, 7) is 4.50. The number of hydrogen-bond donors (Lipinski definition) is 0. The Labute approximate surface area is 80.2 Å². The van der Waals surface area contributed by atoms with Gasteiger partial charge in [-0.05, 0) is 44.1 Å². The maximum absolute atomic E-state index is 6.04. The van der Waals surface area contributed by atoms with Crippen molar-refractivity contribution in [1.29, 1.82) is 0 Å². The van der Waals surface area contributed by atoms with Crippen LogP contribution in [0.2, 0.25) is 0 Å². The average Bonchev–Trinajstić information content (AvgIpc) is 2.48. The lowest BCUT2D eigenvalue weighted by atomic mass is 9.60. The Morgan fingerprint density at radius 2 is 2.23 bits per heavy atom. The van der Waals surface area contributed by atoms with E-state index in [4.69, 9.17) is 4.74 Å². The van der Waals surface area contributed by atoms with Crippen molar-refractivity contribution in [3.05, 3.63) is 11.8 Å². The van der Waals surface area contributed by atoms with Crippen LogP contribution in [0.5, 0.6) is 0 Å². The third kappa shape index (κ3) is 0.880. The molecule has 5 atom stereocenters. The molecule has 3 aliphatic carbocycles. The monoisotopic (exact) mass is 178 g/mol. The van der Waals surface area contributed by atoms with Gasteiger partial charge in [-0.1, -0.05) is 6.92 Å². The molecule has 4 aliphatic rings. The van der Waals surface area contributed by atoms with Gasteiger partial charge in [0, 0.05) is 11.8 Å². The van der Waals surface area contributed by atoms with E-state index in [0.717, 1.165) is 23.7 Å². The third-order valence-electron chi connectivity index (χ3n) is 4.55. The van der Waals surface area contributed by atoms with E-state index >= 15 is 0 Å². The van der Waals surface area contributed by atoms with E-state index in [1.807, 2.05) is 0 Å². The standard InChI is InChI=1S/C12H18O/c1-3-11-10-6-8-4-5-9(10)12(13-11)7(8)2/h3,7-10,12H,4-6H2,1-2H3. The van der Waals surface area contributed by atoms with Gasteiger partial charge in [0.15, 0.2) is 0 Å². The lowest BCUT2D eigenvalue weighted by Gasteiger charge is -2.43. The summed E-state index contributed by atoms with van der Waals surface area (Å²) in [7, 11) is 0. The highest BCUT2D eigenvalue weighted by Crippen LogP contribution is 2.56. The maximum atomic E-state index is 6.04. The molecule has 0 radical (unpaired) electrons. The van der Waals surface area contributed by atoms with Crippen LogP contribution in [0.1, 0.15) is 33.1 Å². The first kappa shape index (κ1) is 7.90. The summed E-state index contributed by atoms with van der Waals surface area (Å²) in [5.74, 6) is 4.74. The smallest absolute Gasteiger partial charge is 0.105 e. The van der Waals surface area contributed by atoms with Gasteiger partial charge in [-0.3, -0.25) is 0 Å². The van der Waals surface area contributed by atoms with Crippen LogP contribution in [0.3, 0.4) is 0 Å². The lowest BCUT2D eigenvalue weighted by Crippen LogP contribution is -2.42. The molecule has 72 valence electrons. The van der Waals surface area contributed by atoms with Crippen LogP contribution in [-0.2, 0) is 4.74 Å². The first-order valence-corrected chi connectivity index (χ1v) is 5.64. The molecule has 0 aromatic rings. The summed E-state index contributed by atoms with van der Waals surface area (Å²) in [6, 6.07) is 0. The van der Waals surface area contributed by atoms with Gasteiger partial charge in [0.25, 0.3) is 0 Å². The Morgan fingerprint density at radius 1 is 1.38 bits per heavy atom. The van der Waals surface area contributed by atoms with E-state index in [0.29, 0.717) is 6.10 Å². The van der Waals surface area contributed by atoms with Crippen molar-refractivity contribution in [3.8, 4) is 0 Å². The Hall–Kier alpha value is -0.460. The second kappa shape index (κ2) is 2.52. The number of allylic oxidation sites excluding steroid dienone is 2. The summed E-state index contributed by atoms with van der Waals surface area (Å²) in [4.78, 5) is 0. The van der Waals surface area contributed by atoms with Crippen LogP contribution in [0.25, 0.3) is 0 Å². The van der Waals surface area contributed by atoms with E-state index in [1.165, 1.54) is 25.0 Å². The Bertz CT molecular complexity index is 256. The van der Waals surface area contributed by atoms with Crippen LogP contribution in [-0.4, -0.2) is 6.10 Å². The number of rotatable bonds is 0. The maximum Gasteiger partial charge on any atom is 0.105 e. The molecule has 0 N–H and O–H groups in total. The molecule has 1 heterocycles. The molecule has 4 fully saturated rings. The Balaban J connectivity index is 1.98. The molecule has 0 spiro atoms. The largest absolute Gasteiger partial charge is 0.494 e. The summed E-state index contributed by atoms with van der Waals surface area (Å²) in [6.07, 6.45) is 7.05. The fourth-order valence-electron chi connectivity index (χ4n) is 3.80. The van der Waals surface area contributed by atoms with Crippen LogP contribution in [0, 0.1) is 23.7 Å². The highest BCUT2D eigenvalue weighted by atomic mass is 16.5. The van der Waals surface area contributed by atoms with Gasteiger partial charge in [-0.15, -0.1) is 0 Å². The van der Waals surface area contributed by atoms with E-state index in [-0.39, 0.29) is 0 Å². The molecule has 1 saturated heterocycles. The van der Waals surface area contributed by atoms with Gasteiger partial charge < -0.3 is 4.74 Å². The quantitative estimate of drug-likeness (QED) is 0.554. The molecule has 1 nitrogen and oxygen atoms in total. The van der Waals surface area contributed by atoms with Crippen molar-refractivity contribution in [2.45, 2.75) is 39.2 Å². The molecule has 3 saturated carbocycles. The van der Waals surface area contributed by atoms with Crippen molar-refractivity contribution in [1.82, 2.24) is 0 Å². The van der Waals surface area contributed by atoms with Gasteiger partial charge in [0.1, 0.15) is 6.10 Å². The van der Waals surface area contributed by atoms with Crippen LogP contribution >= 0.6 is 0 Å². The second-order valence-corrected chi connectivity index (χ2v) is 4.98. The minimum absolute atomic E-state index is 0.573. The molecule has 13 heavy (non-hydrogen) atoms. The molecule has 4 bridgehead atoms. The fraction of sp³-hybridized carbons (Fsp3) is 0.833. The highest BCUT2D eigenvalue weighted by molar-refractivity contribution is 5.14.